The minimum absolute atomic E-state index is 0.537. The molecule has 0 saturated carbocycles. The number of ether oxygens (including phenoxy) is 1. The first-order chi connectivity index (χ1) is 6.90. The van der Waals surface area contributed by atoms with Crippen molar-refractivity contribution in [3.8, 4) is 5.75 Å². The van der Waals surface area contributed by atoms with Crippen molar-refractivity contribution in [2.75, 3.05) is 13.2 Å². The van der Waals surface area contributed by atoms with E-state index >= 15 is 0 Å². The smallest absolute Gasteiger partial charge is 0.119 e. The lowest BCUT2D eigenvalue weighted by atomic mass is 10.1. The number of benzene rings is 1. The molecule has 1 heterocycles. The van der Waals surface area contributed by atoms with Crippen LogP contribution < -0.4 is 10.1 Å². The summed E-state index contributed by atoms with van der Waals surface area (Å²) < 4.78 is 5.48. The van der Waals surface area contributed by atoms with E-state index in [-0.39, 0.29) is 0 Å². The number of hydrogen-bond acceptors (Lipinski definition) is 2. The highest BCUT2D eigenvalue weighted by Crippen LogP contribution is 2.25. The van der Waals surface area contributed by atoms with E-state index in [4.69, 9.17) is 4.74 Å². The second-order valence-corrected chi connectivity index (χ2v) is 3.65. The lowest BCUT2D eigenvalue weighted by Crippen LogP contribution is -2.12. The molecule has 1 aromatic rings. The Morgan fingerprint density at radius 2 is 2.43 bits per heavy atom. The molecule has 2 rings (SSSR count). The van der Waals surface area contributed by atoms with Crippen LogP contribution in [0.1, 0.15) is 31.4 Å². The van der Waals surface area contributed by atoms with E-state index < -0.39 is 0 Å². The van der Waals surface area contributed by atoms with Crippen LogP contribution in [0.3, 0.4) is 0 Å². The van der Waals surface area contributed by atoms with Gasteiger partial charge in [0, 0.05) is 6.04 Å². The molecule has 1 aliphatic rings. The van der Waals surface area contributed by atoms with Crippen molar-refractivity contribution in [1.82, 2.24) is 5.32 Å². The van der Waals surface area contributed by atoms with Crippen molar-refractivity contribution < 1.29 is 4.74 Å². The number of nitrogens with one attached hydrogen (secondary N) is 1. The Morgan fingerprint density at radius 3 is 3.14 bits per heavy atom. The molecule has 1 atom stereocenters. The first kappa shape index (κ1) is 9.53. The predicted molar refractivity (Wildman–Crippen MR) is 57.6 cm³/mol. The third kappa shape index (κ3) is 2.07. The molecular formula is C12H17NO. The van der Waals surface area contributed by atoms with Gasteiger partial charge in [0.25, 0.3) is 0 Å². The van der Waals surface area contributed by atoms with Gasteiger partial charge >= 0.3 is 0 Å². The van der Waals surface area contributed by atoms with Gasteiger partial charge in [0.1, 0.15) is 5.75 Å². The van der Waals surface area contributed by atoms with Crippen LogP contribution in [0.15, 0.2) is 24.3 Å². The molecule has 0 spiro atoms. The summed E-state index contributed by atoms with van der Waals surface area (Å²) in [5, 5.41) is 3.49. The maximum atomic E-state index is 5.48. The Kier molecular flexibility index (Phi) is 3.04. The van der Waals surface area contributed by atoms with E-state index in [0.717, 1.165) is 18.9 Å². The minimum atomic E-state index is 0.537. The van der Waals surface area contributed by atoms with Gasteiger partial charge in [-0.2, -0.15) is 0 Å². The van der Waals surface area contributed by atoms with Crippen molar-refractivity contribution in [3.05, 3.63) is 29.8 Å². The second-order valence-electron chi connectivity index (χ2n) is 3.65. The average Bonchev–Trinajstić information content (AvgIpc) is 2.71. The van der Waals surface area contributed by atoms with Gasteiger partial charge in [0.2, 0.25) is 0 Å². The average molecular weight is 191 g/mol. The lowest BCUT2D eigenvalue weighted by Gasteiger charge is -2.12. The van der Waals surface area contributed by atoms with E-state index in [0.29, 0.717) is 6.04 Å². The van der Waals surface area contributed by atoms with Gasteiger partial charge in [0.05, 0.1) is 6.61 Å². The molecule has 0 bridgehead atoms. The Morgan fingerprint density at radius 1 is 1.50 bits per heavy atom. The van der Waals surface area contributed by atoms with Crippen molar-refractivity contribution in [2.45, 2.75) is 25.8 Å². The quantitative estimate of drug-likeness (QED) is 0.792. The summed E-state index contributed by atoms with van der Waals surface area (Å²) in [6, 6.07) is 8.94. The normalized spacial score (nSPS) is 21.1. The maximum Gasteiger partial charge on any atom is 0.119 e. The van der Waals surface area contributed by atoms with Gasteiger partial charge in [-0.15, -0.1) is 0 Å². The van der Waals surface area contributed by atoms with Crippen molar-refractivity contribution in [2.24, 2.45) is 0 Å². The lowest BCUT2D eigenvalue weighted by molar-refractivity contribution is 0.339. The van der Waals surface area contributed by atoms with E-state index in [2.05, 4.69) is 23.5 Å². The molecule has 1 aliphatic heterocycles. The van der Waals surface area contributed by atoms with E-state index in [1.165, 1.54) is 18.4 Å². The standard InChI is InChI=1S/C12H17NO/c1-2-14-11-6-3-5-10(9-11)12-7-4-8-13-12/h3,5-6,9,12-13H,2,4,7-8H2,1H3/t12-/m1/s1. The Balaban J connectivity index is 2.12. The van der Waals surface area contributed by atoms with E-state index in [1.54, 1.807) is 0 Å². The summed E-state index contributed by atoms with van der Waals surface area (Å²) in [7, 11) is 0. The fourth-order valence-electron chi connectivity index (χ4n) is 1.96. The maximum absolute atomic E-state index is 5.48. The molecule has 0 amide bonds. The van der Waals surface area contributed by atoms with Crippen LogP contribution in [0.25, 0.3) is 0 Å². The monoisotopic (exact) mass is 191 g/mol. The summed E-state index contributed by atoms with van der Waals surface area (Å²) >= 11 is 0. The molecule has 0 aromatic heterocycles. The first-order valence-corrected chi connectivity index (χ1v) is 5.36. The molecule has 1 saturated heterocycles. The third-order valence-electron chi connectivity index (χ3n) is 2.63. The molecule has 2 nitrogen and oxygen atoms in total. The van der Waals surface area contributed by atoms with Crippen molar-refractivity contribution in [3.63, 3.8) is 0 Å². The molecule has 1 fully saturated rings. The van der Waals surface area contributed by atoms with Gasteiger partial charge in [-0.25, -0.2) is 0 Å². The molecule has 1 N–H and O–H groups in total. The SMILES string of the molecule is CCOc1cccc([C@H]2CCCN2)c1. The number of rotatable bonds is 3. The van der Waals surface area contributed by atoms with Crippen LogP contribution >= 0.6 is 0 Å². The summed E-state index contributed by atoms with van der Waals surface area (Å²) in [5.74, 6) is 0.985. The van der Waals surface area contributed by atoms with Gasteiger partial charge in [-0.05, 0) is 44.0 Å². The zero-order valence-electron chi connectivity index (χ0n) is 8.62. The summed E-state index contributed by atoms with van der Waals surface area (Å²) in [6.07, 6.45) is 2.53. The van der Waals surface area contributed by atoms with Gasteiger partial charge in [0.15, 0.2) is 0 Å². The van der Waals surface area contributed by atoms with Crippen molar-refractivity contribution >= 4 is 0 Å². The van der Waals surface area contributed by atoms with Gasteiger partial charge in [-0.1, -0.05) is 12.1 Å². The van der Waals surface area contributed by atoms with Crippen molar-refractivity contribution in [1.29, 1.82) is 0 Å². The second kappa shape index (κ2) is 4.47. The first-order valence-electron chi connectivity index (χ1n) is 5.36. The summed E-state index contributed by atoms with van der Waals surface area (Å²) in [5.41, 5.74) is 1.36. The predicted octanol–water partition coefficient (Wildman–Crippen LogP) is 2.51. The highest BCUT2D eigenvalue weighted by Gasteiger charge is 2.15. The fourth-order valence-corrected chi connectivity index (χ4v) is 1.96. The van der Waals surface area contributed by atoms with Crippen LogP contribution in [0.5, 0.6) is 5.75 Å². The van der Waals surface area contributed by atoms with E-state index in [1.807, 2.05) is 13.0 Å². The van der Waals surface area contributed by atoms with Crippen LogP contribution in [0, 0.1) is 0 Å². The zero-order chi connectivity index (χ0) is 9.80. The van der Waals surface area contributed by atoms with Crippen LogP contribution in [0.4, 0.5) is 0 Å². The molecule has 2 heteroatoms. The molecule has 0 radical (unpaired) electrons. The Hall–Kier alpha value is -1.02. The van der Waals surface area contributed by atoms with Gasteiger partial charge < -0.3 is 10.1 Å². The minimum Gasteiger partial charge on any atom is -0.494 e. The topological polar surface area (TPSA) is 21.3 Å². The number of hydrogen-bond donors (Lipinski definition) is 1. The van der Waals surface area contributed by atoms with Crippen LogP contribution in [0.2, 0.25) is 0 Å². The molecule has 1 aromatic carbocycles. The fraction of sp³-hybridized carbons (Fsp3) is 0.500. The molecular weight excluding hydrogens is 174 g/mol. The van der Waals surface area contributed by atoms with Gasteiger partial charge in [-0.3, -0.25) is 0 Å². The Labute approximate surface area is 85.3 Å². The molecule has 0 aliphatic carbocycles. The molecule has 76 valence electrons. The molecule has 0 unspecified atom stereocenters. The van der Waals surface area contributed by atoms with E-state index in [9.17, 15) is 0 Å². The highest BCUT2D eigenvalue weighted by atomic mass is 16.5. The summed E-state index contributed by atoms with van der Waals surface area (Å²) in [6.45, 7) is 3.89. The highest BCUT2D eigenvalue weighted by molar-refractivity contribution is 5.30. The van der Waals surface area contributed by atoms with Crippen LogP contribution in [-0.2, 0) is 0 Å². The van der Waals surface area contributed by atoms with Crippen LogP contribution in [-0.4, -0.2) is 13.2 Å². The summed E-state index contributed by atoms with van der Waals surface area (Å²) in [4.78, 5) is 0. The largest absolute Gasteiger partial charge is 0.494 e. The Bertz CT molecular complexity index is 292. The third-order valence-corrected chi connectivity index (χ3v) is 2.63. The zero-order valence-corrected chi connectivity index (χ0v) is 8.62. The molecule has 14 heavy (non-hydrogen) atoms.